The van der Waals surface area contributed by atoms with Crippen molar-refractivity contribution in [3.8, 4) is 0 Å². The van der Waals surface area contributed by atoms with Gasteiger partial charge in [-0.1, -0.05) is 0 Å². The normalized spacial score (nSPS) is 8.56. The van der Waals surface area contributed by atoms with Gasteiger partial charge in [0.25, 0.3) is 0 Å². The van der Waals surface area contributed by atoms with Gasteiger partial charge in [0.05, 0.1) is 0 Å². The van der Waals surface area contributed by atoms with Crippen molar-refractivity contribution in [1.29, 1.82) is 0 Å². The van der Waals surface area contributed by atoms with Gasteiger partial charge in [0, 0.05) is 6.54 Å². The van der Waals surface area contributed by atoms with E-state index in [9.17, 15) is 9.59 Å². The fraction of sp³-hybridized carbons (Fsp3) is 0.600. The monoisotopic (exact) mass is 130 g/mol. The molecule has 9 heavy (non-hydrogen) atoms. The summed E-state index contributed by atoms with van der Waals surface area (Å²) < 4.78 is 0. The smallest absolute Gasteiger partial charge is 0.323 e. The van der Waals surface area contributed by atoms with Crippen LogP contribution < -0.4 is 0 Å². The number of carbonyl (C=O) groups excluding carboxylic acids is 1. The van der Waals surface area contributed by atoms with Crippen molar-refractivity contribution in [2.75, 3.05) is 13.1 Å². The van der Waals surface area contributed by atoms with Crippen molar-refractivity contribution in [3.63, 3.8) is 0 Å². The van der Waals surface area contributed by atoms with Gasteiger partial charge in [-0.15, -0.1) is 0 Å². The topological polar surface area (TPSA) is 57.6 Å². The molecule has 0 bridgehead atoms. The van der Waals surface area contributed by atoms with Crippen LogP contribution in [0, 0.1) is 0 Å². The predicted octanol–water partition coefficient (Wildman–Crippen LogP) is -0.540. The van der Waals surface area contributed by atoms with Gasteiger partial charge in [0.2, 0.25) is 0 Å². The first kappa shape index (κ1) is 7.94. The maximum Gasteiger partial charge on any atom is 0.323 e. The molecule has 0 fully saturated rings. The summed E-state index contributed by atoms with van der Waals surface area (Å²) in [5, 5.41) is 8.13. The molecular formula is C5H8NO3. The van der Waals surface area contributed by atoms with E-state index in [1.807, 2.05) is 0 Å². The summed E-state index contributed by atoms with van der Waals surface area (Å²) in [6.45, 7) is 1.81. The lowest BCUT2D eigenvalue weighted by Crippen LogP contribution is -2.27. The Bertz CT molecular complexity index is 113. The third kappa shape index (κ3) is 3.52. The Morgan fingerprint density at radius 1 is 1.78 bits per heavy atom. The molecule has 4 nitrogen and oxygen atoms in total. The van der Waals surface area contributed by atoms with E-state index in [2.05, 4.69) is 0 Å². The van der Waals surface area contributed by atoms with E-state index < -0.39 is 5.97 Å². The zero-order valence-electron chi connectivity index (χ0n) is 5.13. The molecule has 0 unspecified atom stereocenters. The summed E-state index contributed by atoms with van der Waals surface area (Å²) in [6, 6.07) is 0. The second kappa shape index (κ2) is 3.88. The molecule has 1 amide bonds. The maximum absolute atomic E-state index is 9.91. The molecule has 0 saturated carbocycles. The molecule has 1 N–H and O–H groups in total. The molecule has 0 aromatic rings. The van der Waals surface area contributed by atoms with Crippen LogP contribution in [0.1, 0.15) is 6.92 Å². The van der Waals surface area contributed by atoms with Crippen molar-refractivity contribution in [1.82, 2.24) is 4.90 Å². The van der Waals surface area contributed by atoms with Crippen molar-refractivity contribution in [3.05, 3.63) is 0 Å². The van der Waals surface area contributed by atoms with Gasteiger partial charge in [-0.25, -0.2) is 0 Å². The number of nitrogens with zero attached hydrogens (tertiary/aromatic N) is 1. The standard InChI is InChI=1S/C5H8NO3/c1-2-6(4-7)3-5(8)9/h2-3H2,1H3,(H,8,9). The average molecular weight is 130 g/mol. The van der Waals surface area contributed by atoms with Crippen LogP contribution in [0.5, 0.6) is 0 Å². The number of carbonyl (C=O) groups is 1. The van der Waals surface area contributed by atoms with Gasteiger partial charge >= 0.3 is 12.4 Å². The number of hydrogen-bond acceptors (Lipinski definition) is 2. The first-order chi connectivity index (χ1) is 4.20. The highest BCUT2D eigenvalue weighted by Gasteiger charge is 2.03. The van der Waals surface area contributed by atoms with E-state index in [-0.39, 0.29) is 6.54 Å². The number of amides is 1. The Morgan fingerprint density at radius 3 is 2.44 bits per heavy atom. The molecule has 4 heteroatoms. The lowest BCUT2D eigenvalue weighted by atomic mass is 10.5. The van der Waals surface area contributed by atoms with Crippen LogP contribution in [0.2, 0.25) is 0 Å². The third-order valence-electron chi connectivity index (χ3n) is 0.837. The van der Waals surface area contributed by atoms with Crippen LogP contribution in [-0.2, 0) is 9.59 Å². The van der Waals surface area contributed by atoms with E-state index in [0.717, 1.165) is 4.90 Å². The summed E-state index contributed by atoms with van der Waals surface area (Å²) in [6.07, 6.45) is 1.49. The molecule has 0 spiro atoms. The minimum atomic E-state index is -1.01. The zero-order chi connectivity index (χ0) is 7.28. The Balaban J connectivity index is 3.55. The molecule has 0 atom stereocenters. The fourth-order valence-corrected chi connectivity index (χ4v) is 0.372. The average Bonchev–Trinajstić information content (AvgIpc) is 1.82. The molecule has 0 aliphatic heterocycles. The molecule has 0 aliphatic rings. The second-order valence-electron chi connectivity index (χ2n) is 1.50. The van der Waals surface area contributed by atoms with Gasteiger partial charge in [0.1, 0.15) is 6.54 Å². The number of likely N-dealkylation sites (N-methyl/N-ethyl adjacent to an activating group) is 1. The van der Waals surface area contributed by atoms with Crippen molar-refractivity contribution >= 4 is 12.4 Å². The minimum absolute atomic E-state index is 0.264. The first-order valence-corrected chi connectivity index (χ1v) is 2.55. The lowest BCUT2D eigenvalue weighted by molar-refractivity contribution is -0.137. The number of carboxylic acids is 1. The summed E-state index contributed by atoms with van der Waals surface area (Å²) in [5.41, 5.74) is 0. The minimum Gasteiger partial charge on any atom is -0.480 e. The van der Waals surface area contributed by atoms with Crippen molar-refractivity contribution in [2.45, 2.75) is 6.92 Å². The Kier molecular flexibility index (Phi) is 3.43. The van der Waals surface area contributed by atoms with Crippen LogP contribution in [-0.4, -0.2) is 35.5 Å². The molecule has 51 valence electrons. The van der Waals surface area contributed by atoms with Gasteiger partial charge in [0.15, 0.2) is 0 Å². The lowest BCUT2D eigenvalue weighted by Gasteiger charge is -2.07. The Morgan fingerprint density at radius 2 is 2.33 bits per heavy atom. The number of aliphatic carboxylic acids is 1. The Labute approximate surface area is 53.1 Å². The molecular weight excluding hydrogens is 122 g/mol. The van der Waals surface area contributed by atoms with E-state index in [1.165, 1.54) is 6.41 Å². The number of rotatable bonds is 4. The maximum atomic E-state index is 9.91. The molecule has 0 saturated heterocycles. The summed E-state index contributed by atoms with van der Waals surface area (Å²) in [5.74, 6) is -1.01. The van der Waals surface area contributed by atoms with E-state index in [4.69, 9.17) is 5.11 Å². The largest absolute Gasteiger partial charge is 0.480 e. The van der Waals surface area contributed by atoms with Crippen LogP contribution in [0.4, 0.5) is 0 Å². The molecule has 0 aliphatic carbocycles. The van der Waals surface area contributed by atoms with Crippen molar-refractivity contribution in [2.24, 2.45) is 0 Å². The SMILES string of the molecule is CCN([C]=O)CC(=O)O. The van der Waals surface area contributed by atoms with E-state index >= 15 is 0 Å². The first-order valence-electron chi connectivity index (χ1n) is 2.55. The van der Waals surface area contributed by atoms with Crippen LogP contribution in [0.15, 0.2) is 0 Å². The Hall–Kier alpha value is -1.06. The van der Waals surface area contributed by atoms with Crippen LogP contribution in [0.3, 0.4) is 0 Å². The highest BCUT2D eigenvalue weighted by Crippen LogP contribution is 1.79. The molecule has 0 heterocycles. The second-order valence-corrected chi connectivity index (χ2v) is 1.50. The quantitative estimate of drug-likeness (QED) is 0.520. The summed E-state index contributed by atoms with van der Waals surface area (Å²) >= 11 is 0. The fourth-order valence-electron chi connectivity index (χ4n) is 0.372. The van der Waals surface area contributed by atoms with E-state index in [0.29, 0.717) is 6.54 Å². The molecule has 1 radical (unpaired) electrons. The summed E-state index contributed by atoms with van der Waals surface area (Å²) in [4.78, 5) is 20.8. The molecule has 0 aromatic heterocycles. The number of hydrogen-bond donors (Lipinski definition) is 1. The summed E-state index contributed by atoms with van der Waals surface area (Å²) in [7, 11) is 0. The predicted molar refractivity (Wildman–Crippen MR) is 30.6 cm³/mol. The molecule has 0 rings (SSSR count). The molecule has 0 aromatic carbocycles. The van der Waals surface area contributed by atoms with Gasteiger partial charge in [-0.2, -0.15) is 0 Å². The highest BCUT2D eigenvalue weighted by atomic mass is 16.4. The van der Waals surface area contributed by atoms with Crippen LogP contribution in [0.25, 0.3) is 0 Å². The zero-order valence-corrected chi connectivity index (χ0v) is 5.13. The van der Waals surface area contributed by atoms with E-state index in [1.54, 1.807) is 6.92 Å². The van der Waals surface area contributed by atoms with Gasteiger partial charge in [-0.3, -0.25) is 9.59 Å². The van der Waals surface area contributed by atoms with Gasteiger partial charge in [-0.05, 0) is 6.92 Å². The van der Waals surface area contributed by atoms with Gasteiger partial charge < -0.3 is 10.0 Å². The number of carboxylic acid groups (broad SMARTS) is 1. The third-order valence-corrected chi connectivity index (χ3v) is 0.837. The highest BCUT2D eigenvalue weighted by molar-refractivity contribution is 5.71. The van der Waals surface area contributed by atoms with Crippen LogP contribution >= 0.6 is 0 Å². The van der Waals surface area contributed by atoms with Crippen molar-refractivity contribution < 1.29 is 14.7 Å².